The number of nitrogens with one attached hydrogen (secondary N) is 2. The van der Waals surface area contributed by atoms with Crippen LogP contribution in [-0.4, -0.2) is 39.4 Å². The molecule has 2 rings (SSSR count). The van der Waals surface area contributed by atoms with Crippen LogP contribution in [0.4, 0.5) is 10.1 Å². The Kier molecular flexibility index (Phi) is 7.46. The molecule has 8 heteroatoms. The number of carbonyl (C=O) groups excluding carboxylic acids is 2. The highest BCUT2D eigenvalue weighted by molar-refractivity contribution is 8.00. The van der Waals surface area contributed by atoms with Gasteiger partial charge in [0.05, 0.1) is 11.5 Å². The lowest BCUT2D eigenvalue weighted by molar-refractivity contribution is -0.118. The summed E-state index contributed by atoms with van der Waals surface area (Å²) in [6.07, 6.45) is 4.48. The van der Waals surface area contributed by atoms with Gasteiger partial charge in [-0.3, -0.25) is 9.59 Å². The van der Waals surface area contributed by atoms with E-state index >= 15 is 0 Å². The largest absolute Gasteiger partial charge is 0.355 e. The van der Waals surface area contributed by atoms with Gasteiger partial charge in [0.25, 0.3) is 0 Å². The first kappa shape index (κ1) is 19.0. The third-order valence-corrected chi connectivity index (χ3v) is 4.35. The van der Waals surface area contributed by atoms with E-state index < -0.39 is 0 Å². The van der Waals surface area contributed by atoms with E-state index in [0.717, 1.165) is 18.8 Å². The molecule has 0 unspecified atom stereocenters. The molecule has 1 aromatic carbocycles. The molecule has 0 saturated heterocycles. The summed E-state index contributed by atoms with van der Waals surface area (Å²) in [5.41, 5.74) is 0.534. The van der Waals surface area contributed by atoms with Crippen LogP contribution in [-0.2, 0) is 16.1 Å². The van der Waals surface area contributed by atoms with Crippen molar-refractivity contribution < 1.29 is 14.0 Å². The van der Waals surface area contributed by atoms with Gasteiger partial charge in [-0.2, -0.15) is 0 Å². The van der Waals surface area contributed by atoms with E-state index in [4.69, 9.17) is 0 Å². The number of aryl methyl sites for hydroxylation is 2. The van der Waals surface area contributed by atoms with Gasteiger partial charge < -0.3 is 15.2 Å². The van der Waals surface area contributed by atoms with Crippen LogP contribution in [0.25, 0.3) is 0 Å². The molecule has 0 saturated carbocycles. The van der Waals surface area contributed by atoms with Crippen LogP contribution in [0.2, 0.25) is 0 Å². The molecule has 25 heavy (non-hydrogen) atoms. The van der Waals surface area contributed by atoms with E-state index in [0.29, 0.717) is 12.2 Å². The number of rotatable bonds is 9. The minimum Gasteiger partial charge on any atom is -0.355 e. The summed E-state index contributed by atoms with van der Waals surface area (Å²) in [5, 5.41) is 5.48. The summed E-state index contributed by atoms with van der Waals surface area (Å²) >= 11 is 1.24. The third kappa shape index (κ3) is 6.96. The van der Waals surface area contributed by atoms with Gasteiger partial charge in [-0.05, 0) is 37.6 Å². The number of aromatic nitrogens is 2. The van der Waals surface area contributed by atoms with Crippen LogP contribution in [0.5, 0.6) is 0 Å². The Hall–Kier alpha value is -2.35. The maximum atomic E-state index is 12.8. The average molecular weight is 364 g/mol. The molecule has 0 radical (unpaired) electrons. The topological polar surface area (TPSA) is 76.0 Å². The fourth-order valence-electron chi connectivity index (χ4n) is 2.14. The normalized spacial score (nSPS) is 10.5. The predicted molar refractivity (Wildman–Crippen MR) is 96.9 cm³/mol. The van der Waals surface area contributed by atoms with Crippen molar-refractivity contribution in [2.45, 2.75) is 19.9 Å². The minimum atomic E-state index is -0.354. The van der Waals surface area contributed by atoms with Gasteiger partial charge in [0.1, 0.15) is 11.6 Å². The quantitative estimate of drug-likeness (QED) is 0.669. The molecule has 0 atom stereocenters. The molecule has 2 N–H and O–H groups in total. The second-order valence-electron chi connectivity index (χ2n) is 5.42. The summed E-state index contributed by atoms with van der Waals surface area (Å²) in [7, 11) is 0. The molecular weight excluding hydrogens is 343 g/mol. The second kappa shape index (κ2) is 9.83. The summed E-state index contributed by atoms with van der Waals surface area (Å²) < 4.78 is 14.8. The first-order chi connectivity index (χ1) is 12.0. The molecule has 6 nitrogen and oxygen atoms in total. The van der Waals surface area contributed by atoms with E-state index in [1.54, 1.807) is 6.20 Å². The Bertz CT molecular complexity index is 703. The molecule has 0 fully saturated rings. The van der Waals surface area contributed by atoms with Crippen LogP contribution in [0.15, 0.2) is 36.7 Å². The molecule has 1 aromatic heterocycles. The molecule has 0 aliphatic carbocycles. The lowest BCUT2D eigenvalue weighted by Gasteiger charge is -2.07. The lowest BCUT2D eigenvalue weighted by Crippen LogP contribution is -2.27. The van der Waals surface area contributed by atoms with E-state index in [1.165, 1.54) is 36.0 Å². The number of nitrogens with zero attached hydrogens (tertiary/aromatic N) is 2. The standard InChI is InChI=1S/C17H21FN4O2S/c1-13-19-8-10-22(13)9-2-7-20-16(23)11-25-12-17(24)21-15-5-3-14(18)4-6-15/h3-6,8,10H,2,7,9,11-12H2,1H3,(H,20,23)(H,21,24). The summed E-state index contributed by atoms with van der Waals surface area (Å²) in [6.45, 7) is 3.32. The Morgan fingerprint density at radius 3 is 2.60 bits per heavy atom. The average Bonchev–Trinajstić information content (AvgIpc) is 2.99. The molecule has 1 heterocycles. The maximum Gasteiger partial charge on any atom is 0.234 e. The molecule has 0 bridgehead atoms. The number of halogens is 1. The van der Waals surface area contributed by atoms with Gasteiger partial charge in [0.2, 0.25) is 11.8 Å². The fourth-order valence-corrected chi connectivity index (χ4v) is 2.78. The molecule has 134 valence electrons. The van der Waals surface area contributed by atoms with E-state index in [-0.39, 0.29) is 29.1 Å². The Morgan fingerprint density at radius 2 is 1.92 bits per heavy atom. The number of hydrogen-bond acceptors (Lipinski definition) is 4. The maximum absolute atomic E-state index is 12.8. The third-order valence-electron chi connectivity index (χ3n) is 3.42. The SMILES string of the molecule is Cc1nccn1CCCNC(=O)CSCC(=O)Nc1ccc(F)cc1. The van der Waals surface area contributed by atoms with Gasteiger partial charge in [-0.15, -0.1) is 11.8 Å². The van der Waals surface area contributed by atoms with Crippen molar-refractivity contribution in [2.75, 3.05) is 23.4 Å². The van der Waals surface area contributed by atoms with Crippen LogP contribution in [0, 0.1) is 12.7 Å². The highest BCUT2D eigenvalue weighted by Crippen LogP contribution is 2.09. The van der Waals surface area contributed by atoms with Crippen LogP contribution < -0.4 is 10.6 Å². The first-order valence-electron chi connectivity index (χ1n) is 7.92. The summed E-state index contributed by atoms with van der Waals surface area (Å²) in [5.74, 6) is 0.670. The van der Waals surface area contributed by atoms with Gasteiger partial charge in [-0.25, -0.2) is 9.37 Å². The van der Waals surface area contributed by atoms with Crippen molar-refractivity contribution in [3.05, 3.63) is 48.3 Å². The Morgan fingerprint density at radius 1 is 1.20 bits per heavy atom. The zero-order valence-corrected chi connectivity index (χ0v) is 14.8. The summed E-state index contributed by atoms with van der Waals surface area (Å²) in [4.78, 5) is 27.6. The van der Waals surface area contributed by atoms with Crippen molar-refractivity contribution in [3.63, 3.8) is 0 Å². The molecule has 2 aromatic rings. The molecule has 0 aliphatic heterocycles. The zero-order chi connectivity index (χ0) is 18.1. The van der Waals surface area contributed by atoms with Gasteiger partial charge in [0, 0.05) is 31.2 Å². The van der Waals surface area contributed by atoms with Crippen molar-refractivity contribution >= 4 is 29.3 Å². The van der Waals surface area contributed by atoms with E-state index in [2.05, 4.69) is 15.6 Å². The lowest BCUT2D eigenvalue weighted by atomic mass is 10.3. The Balaban J connectivity index is 1.54. The zero-order valence-electron chi connectivity index (χ0n) is 14.0. The second-order valence-corrected chi connectivity index (χ2v) is 6.40. The Labute approximate surface area is 150 Å². The highest BCUT2D eigenvalue weighted by Gasteiger charge is 2.06. The monoisotopic (exact) mass is 364 g/mol. The van der Waals surface area contributed by atoms with Crippen LogP contribution >= 0.6 is 11.8 Å². The number of hydrogen-bond donors (Lipinski definition) is 2. The first-order valence-corrected chi connectivity index (χ1v) is 9.07. The smallest absolute Gasteiger partial charge is 0.234 e. The molecular formula is C17H21FN4O2S. The number of anilines is 1. The number of carbonyl (C=O) groups is 2. The van der Waals surface area contributed by atoms with Crippen LogP contribution in [0.1, 0.15) is 12.2 Å². The van der Waals surface area contributed by atoms with Crippen molar-refractivity contribution in [1.29, 1.82) is 0 Å². The van der Waals surface area contributed by atoms with Crippen molar-refractivity contribution in [1.82, 2.24) is 14.9 Å². The van der Waals surface area contributed by atoms with Gasteiger partial charge >= 0.3 is 0 Å². The van der Waals surface area contributed by atoms with E-state index in [9.17, 15) is 14.0 Å². The van der Waals surface area contributed by atoms with Crippen molar-refractivity contribution in [3.8, 4) is 0 Å². The highest BCUT2D eigenvalue weighted by atomic mass is 32.2. The number of imidazole rings is 1. The number of benzene rings is 1. The number of amides is 2. The predicted octanol–water partition coefficient (Wildman–Crippen LogP) is 2.21. The fraction of sp³-hybridized carbons (Fsp3) is 0.353. The van der Waals surface area contributed by atoms with Gasteiger partial charge in [-0.1, -0.05) is 0 Å². The van der Waals surface area contributed by atoms with E-state index in [1.807, 2.05) is 17.7 Å². The summed E-state index contributed by atoms with van der Waals surface area (Å²) in [6, 6.07) is 5.54. The number of thioether (sulfide) groups is 1. The molecule has 0 spiro atoms. The van der Waals surface area contributed by atoms with Crippen molar-refractivity contribution in [2.24, 2.45) is 0 Å². The van der Waals surface area contributed by atoms with Crippen LogP contribution in [0.3, 0.4) is 0 Å². The minimum absolute atomic E-state index is 0.0954. The molecule has 0 aliphatic rings. The van der Waals surface area contributed by atoms with Gasteiger partial charge in [0.15, 0.2) is 0 Å². The molecule has 2 amide bonds.